The molecule has 1 rings (SSSR count). The van der Waals surface area contributed by atoms with Crippen LogP contribution in [0.1, 0.15) is 19.4 Å². The first kappa shape index (κ1) is 18.2. The number of methoxy groups -OCH3 is 1. The average Bonchev–Trinajstić information content (AvgIpc) is 2.44. The Morgan fingerprint density at radius 1 is 1.29 bits per heavy atom. The number of aliphatic hydroxyl groups excluding tert-OH is 1. The molecule has 1 aromatic rings. The van der Waals surface area contributed by atoms with Crippen molar-refractivity contribution in [2.24, 2.45) is 0 Å². The summed E-state index contributed by atoms with van der Waals surface area (Å²) in [6.07, 6.45) is -0.309. The topological polar surface area (TPSA) is 62.8 Å². The molecular weight excluding hydrogens is 336 g/mol. The Morgan fingerprint density at radius 3 is 2.62 bits per heavy atom. The van der Waals surface area contributed by atoms with Crippen LogP contribution in [0.15, 0.2) is 16.6 Å². The predicted molar refractivity (Wildman–Crippen MR) is 88.1 cm³/mol. The smallest absolute Gasteiger partial charge is 0.175 e. The molecule has 0 aliphatic carbocycles. The van der Waals surface area contributed by atoms with Crippen molar-refractivity contribution in [2.75, 3.05) is 33.4 Å². The van der Waals surface area contributed by atoms with E-state index in [4.69, 9.17) is 14.6 Å². The number of benzene rings is 1. The molecule has 0 saturated carbocycles. The van der Waals surface area contributed by atoms with Crippen LogP contribution in [0.5, 0.6) is 11.5 Å². The van der Waals surface area contributed by atoms with Crippen LogP contribution in [-0.2, 0) is 6.54 Å². The highest BCUT2D eigenvalue weighted by molar-refractivity contribution is 9.10. The van der Waals surface area contributed by atoms with Gasteiger partial charge in [0.1, 0.15) is 0 Å². The first-order valence-corrected chi connectivity index (χ1v) is 7.96. The molecule has 1 atom stereocenters. The number of hydrogen-bond donors (Lipinski definition) is 3. The molecule has 0 saturated heterocycles. The molecule has 6 heteroatoms. The largest absolute Gasteiger partial charge is 0.493 e. The molecule has 0 amide bonds. The maximum atomic E-state index is 9.13. The van der Waals surface area contributed by atoms with E-state index < -0.39 is 0 Å². The fourth-order valence-electron chi connectivity index (χ4n) is 1.88. The molecule has 5 nitrogen and oxygen atoms in total. The second-order valence-corrected chi connectivity index (χ2v) is 5.63. The summed E-state index contributed by atoms with van der Waals surface area (Å²) in [5.74, 6) is 1.47. The minimum Gasteiger partial charge on any atom is -0.493 e. The van der Waals surface area contributed by atoms with Gasteiger partial charge >= 0.3 is 0 Å². The normalized spacial score (nSPS) is 12.2. The minimum absolute atomic E-state index is 0.309. The molecule has 21 heavy (non-hydrogen) atoms. The minimum atomic E-state index is -0.309. The van der Waals surface area contributed by atoms with E-state index in [1.165, 1.54) is 0 Å². The zero-order valence-corrected chi connectivity index (χ0v) is 14.5. The van der Waals surface area contributed by atoms with Gasteiger partial charge in [0.05, 0.1) is 24.3 Å². The molecule has 0 bridgehead atoms. The van der Waals surface area contributed by atoms with Crippen molar-refractivity contribution in [1.82, 2.24) is 10.6 Å². The van der Waals surface area contributed by atoms with Gasteiger partial charge in [-0.25, -0.2) is 0 Å². The molecule has 0 unspecified atom stereocenters. The Hall–Kier alpha value is -0.820. The number of ether oxygens (including phenoxy) is 2. The summed E-state index contributed by atoms with van der Waals surface area (Å²) >= 11 is 3.52. The lowest BCUT2D eigenvalue weighted by molar-refractivity contribution is 0.191. The highest BCUT2D eigenvalue weighted by atomic mass is 79.9. The van der Waals surface area contributed by atoms with Gasteiger partial charge < -0.3 is 25.2 Å². The molecule has 3 N–H and O–H groups in total. The van der Waals surface area contributed by atoms with Gasteiger partial charge in [-0.05, 0) is 47.5 Å². The fraction of sp³-hybridized carbons (Fsp3) is 0.600. The molecule has 120 valence electrons. The first-order chi connectivity index (χ1) is 10.1. The van der Waals surface area contributed by atoms with Gasteiger partial charge in [-0.1, -0.05) is 0 Å². The Labute approximate surface area is 135 Å². The van der Waals surface area contributed by atoms with E-state index in [9.17, 15) is 0 Å². The number of rotatable bonds is 10. The SMILES string of the molecule is CCOc1c(Br)cc(CNCCNC[C@@H](C)O)cc1OC. The number of hydrogen-bond acceptors (Lipinski definition) is 5. The highest BCUT2D eigenvalue weighted by Gasteiger charge is 2.10. The number of aliphatic hydroxyl groups is 1. The maximum absolute atomic E-state index is 9.13. The van der Waals surface area contributed by atoms with Gasteiger partial charge in [-0.3, -0.25) is 0 Å². The quantitative estimate of drug-likeness (QED) is 0.556. The lowest BCUT2D eigenvalue weighted by atomic mass is 10.2. The van der Waals surface area contributed by atoms with Gasteiger partial charge in [0.25, 0.3) is 0 Å². The van der Waals surface area contributed by atoms with Gasteiger partial charge in [-0.15, -0.1) is 0 Å². The third-order valence-electron chi connectivity index (χ3n) is 2.83. The molecule has 0 radical (unpaired) electrons. The molecule has 0 aromatic heterocycles. The predicted octanol–water partition coefficient (Wildman–Crippen LogP) is 1.92. The van der Waals surface area contributed by atoms with E-state index in [1.54, 1.807) is 14.0 Å². The number of halogens is 1. The Kier molecular flexibility index (Phi) is 8.68. The highest BCUT2D eigenvalue weighted by Crippen LogP contribution is 2.36. The van der Waals surface area contributed by atoms with Crippen LogP contribution in [0.25, 0.3) is 0 Å². The van der Waals surface area contributed by atoms with E-state index in [0.29, 0.717) is 13.2 Å². The van der Waals surface area contributed by atoms with Gasteiger partial charge in [0.15, 0.2) is 11.5 Å². The van der Waals surface area contributed by atoms with Crippen LogP contribution in [-0.4, -0.2) is 44.6 Å². The monoisotopic (exact) mass is 360 g/mol. The summed E-state index contributed by atoms with van der Waals surface area (Å²) in [6.45, 7) is 7.33. The summed E-state index contributed by atoms with van der Waals surface area (Å²) in [5.41, 5.74) is 1.12. The second-order valence-electron chi connectivity index (χ2n) is 4.77. The molecular formula is C15H25BrN2O3. The van der Waals surface area contributed by atoms with Crippen LogP contribution in [0, 0.1) is 0 Å². The van der Waals surface area contributed by atoms with Crippen molar-refractivity contribution in [2.45, 2.75) is 26.5 Å². The van der Waals surface area contributed by atoms with Crippen molar-refractivity contribution in [3.05, 3.63) is 22.2 Å². The number of nitrogens with one attached hydrogen (secondary N) is 2. The standard InChI is InChI=1S/C15H25BrN2O3/c1-4-21-15-13(16)7-12(8-14(15)20-3)10-18-6-5-17-9-11(2)19/h7-8,11,17-19H,4-6,9-10H2,1-3H3/t11-/m1/s1. The second kappa shape index (κ2) is 10.00. The third-order valence-corrected chi connectivity index (χ3v) is 3.41. The van der Waals surface area contributed by atoms with Crippen LogP contribution >= 0.6 is 15.9 Å². The maximum Gasteiger partial charge on any atom is 0.175 e. The van der Waals surface area contributed by atoms with Crippen LogP contribution in [0.2, 0.25) is 0 Å². The Morgan fingerprint density at radius 2 is 2.00 bits per heavy atom. The first-order valence-electron chi connectivity index (χ1n) is 7.17. The van der Waals surface area contributed by atoms with E-state index in [2.05, 4.69) is 26.6 Å². The summed E-state index contributed by atoms with van der Waals surface area (Å²) in [7, 11) is 1.64. The van der Waals surface area contributed by atoms with Crippen molar-refractivity contribution in [3.8, 4) is 11.5 Å². The van der Waals surface area contributed by atoms with Gasteiger partial charge in [0.2, 0.25) is 0 Å². The van der Waals surface area contributed by atoms with E-state index in [0.717, 1.165) is 41.2 Å². The molecule has 0 fully saturated rings. The molecule has 0 aliphatic rings. The van der Waals surface area contributed by atoms with Crippen LogP contribution in [0.3, 0.4) is 0 Å². The lowest BCUT2D eigenvalue weighted by Gasteiger charge is -2.14. The fourth-order valence-corrected chi connectivity index (χ4v) is 2.48. The van der Waals surface area contributed by atoms with Gasteiger partial charge in [-0.2, -0.15) is 0 Å². The van der Waals surface area contributed by atoms with Crippen molar-refractivity contribution in [1.29, 1.82) is 0 Å². The van der Waals surface area contributed by atoms with E-state index in [1.807, 2.05) is 19.1 Å². The summed E-state index contributed by atoms with van der Waals surface area (Å²) in [5, 5.41) is 15.6. The Balaban J connectivity index is 2.47. The molecule has 1 aromatic carbocycles. The molecule has 0 heterocycles. The van der Waals surface area contributed by atoms with Crippen molar-refractivity contribution < 1.29 is 14.6 Å². The van der Waals surface area contributed by atoms with E-state index in [-0.39, 0.29) is 6.10 Å². The average molecular weight is 361 g/mol. The zero-order valence-electron chi connectivity index (χ0n) is 12.9. The summed E-state index contributed by atoms with van der Waals surface area (Å²) in [4.78, 5) is 0. The van der Waals surface area contributed by atoms with E-state index >= 15 is 0 Å². The molecule has 0 spiro atoms. The molecule has 0 aliphatic heterocycles. The van der Waals surface area contributed by atoms with Crippen LogP contribution in [0.4, 0.5) is 0 Å². The summed E-state index contributed by atoms with van der Waals surface area (Å²) in [6, 6.07) is 4.01. The third kappa shape index (κ3) is 6.65. The zero-order chi connectivity index (χ0) is 15.7. The Bertz CT molecular complexity index is 428. The van der Waals surface area contributed by atoms with Crippen LogP contribution < -0.4 is 20.1 Å². The van der Waals surface area contributed by atoms with Gasteiger partial charge in [0, 0.05) is 26.2 Å². The summed E-state index contributed by atoms with van der Waals surface area (Å²) < 4.78 is 11.8. The lowest BCUT2D eigenvalue weighted by Crippen LogP contribution is -2.31. The van der Waals surface area contributed by atoms with Crippen molar-refractivity contribution in [3.63, 3.8) is 0 Å². The van der Waals surface area contributed by atoms with Crippen molar-refractivity contribution >= 4 is 15.9 Å².